The van der Waals surface area contributed by atoms with E-state index in [0.29, 0.717) is 5.02 Å². The first-order valence-corrected chi connectivity index (χ1v) is 8.84. The lowest BCUT2D eigenvalue weighted by molar-refractivity contribution is 0.322. The monoisotopic (exact) mass is 339 g/mol. The van der Waals surface area contributed by atoms with Crippen LogP contribution in [0.2, 0.25) is 5.02 Å². The van der Waals surface area contributed by atoms with E-state index in [1.807, 2.05) is 24.3 Å². The molecule has 4 nitrogen and oxygen atoms in total. The van der Waals surface area contributed by atoms with Gasteiger partial charge >= 0.3 is 0 Å². The third kappa shape index (κ3) is 4.73. The summed E-state index contributed by atoms with van der Waals surface area (Å²) in [5.74, 6) is 0.737. The number of hydrogen-bond acceptors (Lipinski definition) is 3. The molecule has 0 aromatic heterocycles. The zero-order valence-corrected chi connectivity index (χ0v) is 13.8. The normalized spacial score (nSPS) is 11.4. The molecule has 2 aromatic rings. The Labute approximate surface area is 136 Å². The van der Waals surface area contributed by atoms with E-state index >= 15 is 0 Å². The second-order valence-electron chi connectivity index (χ2n) is 4.70. The fourth-order valence-electron chi connectivity index (χ4n) is 1.92. The largest absolute Gasteiger partial charge is 0.492 e. The molecule has 2 rings (SSSR count). The zero-order chi connectivity index (χ0) is 16.0. The summed E-state index contributed by atoms with van der Waals surface area (Å²) in [4.78, 5) is 0.146. The van der Waals surface area contributed by atoms with Crippen molar-refractivity contribution in [1.29, 1.82) is 0 Å². The van der Waals surface area contributed by atoms with E-state index in [1.54, 1.807) is 12.1 Å². The Bertz CT molecular complexity index is 732. The van der Waals surface area contributed by atoms with Crippen LogP contribution in [0.25, 0.3) is 0 Å². The van der Waals surface area contributed by atoms with Gasteiger partial charge in [0.2, 0.25) is 10.0 Å². The number of rotatable bonds is 7. The molecule has 0 radical (unpaired) electrons. The van der Waals surface area contributed by atoms with Gasteiger partial charge in [0.1, 0.15) is 12.4 Å². The van der Waals surface area contributed by atoms with E-state index in [-0.39, 0.29) is 18.0 Å². The molecule has 118 valence electrons. The second kappa shape index (κ2) is 7.63. The molecule has 0 atom stereocenters. The Morgan fingerprint density at radius 2 is 1.91 bits per heavy atom. The predicted molar refractivity (Wildman–Crippen MR) is 88.0 cm³/mol. The molecular formula is C16H18ClNO3S. The maximum absolute atomic E-state index is 12.1. The van der Waals surface area contributed by atoms with Crippen LogP contribution in [0.4, 0.5) is 0 Å². The second-order valence-corrected chi connectivity index (χ2v) is 6.91. The third-order valence-corrected chi connectivity index (χ3v) is 4.77. The molecule has 0 bridgehead atoms. The van der Waals surface area contributed by atoms with Crippen LogP contribution in [0.15, 0.2) is 53.4 Å². The maximum atomic E-state index is 12.1. The van der Waals surface area contributed by atoms with Gasteiger partial charge in [-0.15, -0.1) is 0 Å². The molecule has 1 N–H and O–H groups in total. The number of halogens is 1. The highest BCUT2D eigenvalue weighted by atomic mass is 35.5. The van der Waals surface area contributed by atoms with E-state index in [9.17, 15) is 8.42 Å². The Morgan fingerprint density at radius 1 is 1.14 bits per heavy atom. The van der Waals surface area contributed by atoms with E-state index in [2.05, 4.69) is 11.6 Å². The summed E-state index contributed by atoms with van der Waals surface area (Å²) in [5.41, 5.74) is 1.18. The minimum atomic E-state index is -3.56. The number of benzene rings is 2. The summed E-state index contributed by atoms with van der Waals surface area (Å²) < 4.78 is 32.2. The number of ether oxygens (including phenoxy) is 1. The van der Waals surface area contributed by atoms with Crippen molar-refractivity contribution in [2.24, 2.45) is 0 Å². The average Bonchev–Trinajstić information content (AvgIpc) is 2.52. The lowest BCUT2D eigenvalue weighted by atomic mass is 10.2. The summed E-state index contributed by atoms with van der Waals surface area (Å²) in [6.45, 7) is 2.51. The smallest absolute Gasteiger partial charge is 0.240 e. The molecule has 6 heteroatoms. The minimum absolute atomic E-state index is 0.146. The lowest BCUT2D eigenvalue weighted by Gasteiger charge is -2.09. The molecule has 0 unspecified atom stereocenters. The average molecular weight is 340 g/mol. The van der Waals surface area contributed by atoms with Gasteiger partial charge in [-0.1, -0.05) is 36.7 Å². The van der Waals surface area contributed by atoms with Gasteiger partial charge in [-0.25, -0.2) is 13.1 Å². The highest BCUT2D eigenvalue weighted by molar-refractivity contribution is 7.89. The quantitative estimate of drug-likeness (QED) is 0.788. The van der Waals surface area contributed by atoms with E-state index in [4.69, 9.17) is 16.3 Å². The first-order chi connectivity index (χ1) is 10.5. The molecule has 0 aliphatic heterocycles. The van der Waals surface area contributed by atoms with E-state index < -0.39 is 10.0 Å². The van der Waals surface area contributed by atoms with Gasteiger partial charge in [-0.3, -0.25) is 0 Å². The summed E-state index contributed by atoms with van der Waals surface area (Å²) in [6.07, 6.45) is 0.929. The Morgan fingerprint density at radius 3 is 2.64 bits per heavy atom. The SMILES string of the molecule is CCc1cccc(OCCNS(=O)(=O)c2cccc(Cl)c2)c1. The standard InChI is InChI=1S/C16H18ClNO3S/c1-2-13-5-3-7-15(11-13)21-10-9-18-22(19,20)16-8-4-6-14(17)12-16/h3-8,11-12,18H,2,9-10H2,1H3. The molecule has 0 saturated carbocycles. The van der Waals surface area contributed by atoms with Crippen LogP contribution in [0.3, 0.4) is 0 Å². The van der Waals surface area contributed by atoms with Crippen LogP contribution >= 0.6 is 11.6 Å². The molecule has 0 heterocycles. The van der Waals surface area contributed by atoms with Gasteiger partial charge in [0.05, 0.1) is 4.90 Å². The van der Waals surface area contributed by atoms with Crippen LogP contribution in [0, 0.1) is 0 Å². The summed E-state index contributed by atoms with van der Waals surface area (Å²) in [5, 5.41) is 0.385. The fraction of sp³-hybridized carbons (Fsp3) is 0.250. The molecule has 0 spiro atoms. The van der Waals surface area contributed by atoms with Crippen LogP contribution in [-0.2, 0) is 16.4 Å². The van der Waals surface area contributed by atoms with Gasteiger partial charge < -0.3 is 4.74 Å². The molecule has 2 aromatic carbocycles. The van der Waals surface area contributed by atoms with Crippen LogP contribution in [0.1, 0.15) is 12.5 Å². The van der Waals surface area contributed by atoms with Crippen molar-refractivity contribution in [2.75, 3.05) is 13.2 Å². The highest BCUT2D eigenvalue weighted by Crippen LogP contribution is 2.15. The predicted octanol–water partition coefficient (Wildman–Crippen LogP) is 3.26. The van der Waals surface area contributed by atoms with Gasteiger partial charge in [-0.05, 0) is 42.3 Å². The number of nitrogens with one attached hydrogen (secondary N) is 1. The van der Waals surface area contributed by atoms with Crippen molar-refractivity contribution in [3.8, 4) is 5.75 Å². The van der Waals surface area contributed by atoms with Crippen molar-refractivity contribution >= 4 is 21.6 Å². The van der Waals surface area contributed by atoms with Crippen LogP contribution in [0.5, 0.6) is 5.75 Å². The van der Waals surface area contributed by atoms with Crippen molar-refractivity contribution in [3.05, 3.63) is 59.1 Å². The number of sulfonamides is 1. The molecule has 0 amide bonds. The molecule has 0 fully saturated rings. The molecular weight excluding hydrogens is 322 g/mol. The topological polar surface area (TPSA) is 55.4 Å². The summed E-state index contributed by atoms with van der Waals surface area (Å²) in [6, 6.07) is 13.9. The number of hydrogen-bond donors (Lipinski definition) is 1. The third-order valence-electron chi connectivity index (χ3n) is 3.08. The van der Waals surface area contributed by atoms with Gasteiger partial charge in [0.25, 0.3) is 0 Å². The Balaban J connectivity index is 1.88. The summed E-state index contributed by atoms with van der Waals surface area (Å²) in [7, 11) is -3.56. The van der Waals surface area contributed by atoms with Crippen LogP contribution < -0.4 is 9.46 Å². The van der Waals surface area contributed by atoms with Crippen molar-refractivity contribution in [3.63, 3.8) is 0 Å². The molecule has 0 saturated heterocycles. The summed E-state index contributed by atoms with van der Waals surface area (Å²) >= 11 is 5.80. The van der Waals surface area contributed by atoms with E-state index in [1.165, 1.54) is 17.7 Å². The molecule has 0 aliphatic carbocycles. The van der Waals surface area contributed by atoms with Gasteiger partial charge in [-0.2, -0.15) is 0 Å². The lowest BCUT2D eigenvalue weighted by Crippen LogP contribution is -2.28. The van der Waals surface area contributed by atoms with Crippen molar-refractivity contribution in [2.45, 2.75) is 18.2 Å². The van der Waals surface area contributed by atoms with Gasteiger partial charge in [0.15, 0.2) is 0 Å². The number of aryl methyl sites for hydroxylation is 1. The Kier molecular flexibility index (Phi) is 5.83. The van der Waals surface area contributed by atoms with Gasteiger partial charge in [0, 0.05) is 11.6 Å². The van der Waals surface area contributed by atoms with Crippen molar-refractivity contribution in [1.82, 2.24) is 4.72 Å². The zero-order valence-electron chi connectivity index (χ0n) is 12.3. The maximum Gasteiger partial charge on any atom is 0.240 e. The first-order valence-electron chi connectivity index (χ1n) is 6.98. The molecule has 22 heavy (non-hydrogen) atoms. The van der Waals surface area contributed by atoms with Crippen molar-refractivity contribution < 1.29 is 13.2 Å². The molecule has 0 aliphatic rings. The fourth-order valence-corrected chi connectivity index (χ4v) is 3.23. The highest BCUT2D eigenvalue weighted by Gasteiger charge is 2.13. The Hall–Kier alpha value is -1.56. The van der Waals surface area contributed by atoms with E-state index in [0.717, 1.165) is 12.2 Å². The van der Waals surface area contributed by atoms with Crippen LogP contribution in [-0.4, -0.2) is 21.6 Å². The minimum Gasteiger partial charge on any atom is -0.492 e. The first kappa shape index (κ1) is 16.8.